The third kappa shape index (κ3) is 1.64. The van der Waals surface area contributed by atoms with Crippen molar-refractivity contribution >= 4 is 11.8 Å². The molecular weight excluding hydrogens is 278 g/mol. The first kappa shape index (κ1) is 13.3. The summed E-state index contributed by atoms with van der Waals surface area (Å²) in [4.78, 5) is 25.3. The van der Waals surface area contributed by atoms with Gasteiger partial charge in [-0.15, -0.1) is 0 Å². The number of nitrogens with zero attached hydrogens (tertiary/aromatic N) is 1. The number of ketones is 1. The molecule has 2 heterocycles. The van der Waals surface area contributed by atoms with Crippen molar-refractivity contribution in [2.24, 2.45) is 0 Å². The van der Waals surface area contributed by atoms with Gasteiger partial charge in [0.25, 0.3) is 0 Å². The lowest BCUT2D eigenvalue weighted by molar-refractivity contribution is 0.0522. The van der Waals surface area contributed by atoms with Gasteiger partial charge in [-0.2, -0.15) is 0 Å². The second-order valence-electron chi connectivity index (χ2n) is 5.75. The Kier molecular flexibility index (Phi) is 2.93. The van der Waals surface area contributed by atoms with Crippen LogP contribution in [-0.4, -0.2) is 22.9 Å². The fraction of sp³-hybridized carbons (Fsp3) is 0.333. The highest BCUT2D eigenvalue weighted by molar-refractivity contribution is 6.25. The Balaban J connectivity index is 2.02. The van der Waals surface area contributed by atoms with Crippen LogP contribution in [0.5, 0.6) is 0 Å². The zero-order valence-electron chi connectivity index (χ0n) is 12.5. The molecule has 4 rings (SSSR count). The second-order valence-corrected chi connectivity index (χ2v) is 5.75. The molecule has 22 heavy (non-hydrogen) atoms. The predicted molar refractivity (Wildman–Crippen MR) is 82.2 cm³/mol. The molecule has 0 amide bonds. The minimum absolute atomic E-state index is 0.0458. The van der Waals surface area contributed by atoms with Gasteiger partial charge in [0, 0.05) is 23.4 Å². The third-order valence-corrected chi connectivity index (χ3v) is 4.55. The average Bonchev–Trinajstić information content (AvgIpc) is 3.02. The number of ether oxygens (including phenoxy) is 1. The van der Waals surface area contributed by atoms with E-state index in [0.29, 0.717) is 23.3 Å². The topological polar surface area (TPSA) is 48.3 Å². The minimum Gasteiger partial charge on any atom is -0.462 e. The Morgan fingerprint density at radius 2 is 2.00 bits per heavy atom. The van der Waals surface area contributed by atoms with Crippen LogP contribution in [0.3, 0.4) is 0 Å². The van der Waals surface area contributed by atoms with E-state index in [4.69, 9.17) is 4.74 Å². The monoisotopic (exact) mass is 295 g/mol. The van der Waals surface area contributed by atoms with Crippen molar-refractivity contribution < 1.29 is 14.3 Å². The molecule has 0 saturated carbocycles. The smallest absolute Gasteiger partial charge is 0.340 e. The predicted octanol–water partition coefficient (Wildman–Crippen LogP) is 3.21. The highest BCUT2D eigenvalue weighted by Crippen LogP contribution is 2.43. The maximum Gasteiger partial charge on any atom is 0.340 e. The van der Waals surface area contributed by atoms with Gasteiger partial charge in [-0.1, -0.05) is 24.3 Å². The van der Waals surface area contributed by atoms with Crippen molar-refractivity contribution in [2.75, 3.05) is 6.61 Å². The van der Waals surface area contributed by atoms with Crippen LogP contribution in [0.25, 0.3) is 11.3 Å². The van der Waals surface area contributed by atoms with Crippen LogP contribution in [0, 0.1) is 0 Å². The van der Waals surface area contributed by atoms with Gasteiger partial charge in [0.05, 0.1) is 23.4 Å². The van der Waals surface area contributed by atoms with E-state index in [1.807, 2.05) is 24.3 Å². The van der Waals surface area contributed by atoms with Crippen molar-refractivity contribution in [1.29, 1.82) is 0 Å². The SMILES string of the molecule is CCOC(=O)c1c2c(n3c1CCCC3)-c1ccccc1C2=O. The van der Waals surface area contributed by atoms with Crippen LogP contribution >= 0.6 is 0 Å². The summed E-state index contributed by atoms with van der Waals surface area (Å²) in [6.07, 6.45) is 2.95. The van der Waals surface area contributed by atoms with Crippen molar-refractivity contribution in [1.82, 2.24) is 4.57 Å². The Labute approximate surface area is 128 Å². The van der Waals surface area contributed by atoms with E-state index in [-0.39, 0.29) is 11.8 Å². The van der Waals surface area contributed by atoms with Gasteiger partial charge in [0.2, 0.25) is 0 Å². The number of carbonyl (C=O) groups is 2. The molecule has 4 heteroatoms. The summed E-state index contributed by atoms with van der Waals surface area (Å²) >= 11 is 0. The molecule has 2 aromatic rings. The third-order valence-electron chi connectivity index (χ3n) is 4.55. The van der Waals surface area contributed by atoms with Crippen LogP contribution in [-0.2, 0) is 17.7 Å². The highest BCUT2D eigenvalue weighted by Gasteiger charge is 2.39. The van der Waals surface area contributed by atoms with Crippen LogP contribution in [0.2, 0.25) is 0 Å². The molecule has 4 nitrogen and oxygen atoms in total. The van der Waals surface area contributed by atoms with Gasteiger partial charge in [-0.05, 0) is 26.2 Å². The van der Waals surface area contributed by atoms with Crippen molar-refractivity contribution in [3.63, 3.8) is 0 Å². The van der Waals surface area contributed by atoms with Crippen LogP contribution in [0.1, 0.15) is 51.7 Å². The number of carbonyl (C=O) groups excluding carboxylic acids is 2. The summed E-state index contributed by atoms with van der Waals surface area (Å²) in [6, 6.07) is 7.61. The molecule has 112 valence electrons. The first-order valence-electron chi connectivity index (χ1n) is 7.80. The highest BCUT2D eigenvalue weighted by atomic mass is 16.5. The van der Waals surface area contributed by atoms with E-state index in [0.717, 1.165) is 42.8 Å². The molecule has 2 aliphatic rings. The summed E-state index contributed by atoms with van der Waals surface area (Å²) in [5, 5.41) is 0. The molecule has 0 bridgehead atoms. The Morgan fingerprint density at radius 1 is 1.23 bits per heavy atom. The molecule has 1 aliphatic carbocycles. The minimum atomic E-state index is -0.365. The number of benzene rings is 1. The Bertz CT molecular complexity index is 801. The lowest BCUT2D eigenvalue weighted by Gasteiger charge is -2.19. The number of esters is 1. The van der Waals surface area contributed by atoms with Gasteiger partial charge in [-0.3, -0.25) is 4.79 Å². The molecule has 0 atom stereocenters. The zero-order chi connectivity index (χ0) is 15.3. The first-order chi connectivity index (χ1) is 10.7. The quantitative estimate of drug-likeness (QED) is 0.682. The zero-order valence-corrected chi connectivity index (χ0v) is 12.5. The van der Waals surface area contributed by atoms with Gasteiger partial charge in [0.15, 0.2) is 5.78 Å². The number of hydrogen-bond donors (Lipinski definition) is 0. The van der Waals surface area contributed by atoms with E-state index >= 15 is 0 Å². The molecule has 0 saturated heterocycles. The number of rotatable bonds is 2. The lowest BCUT2D eigenvalue weighted by atomic mass is 10.0. The van der Waals surface area contributed by atoms with E-state index in [1.165, 1.54) is 0 Å². The number of fused-ring (bicyclic) bond motifs is 5. The molecule has 1 aromatic carbocycles. The average molecular weight is 295 g/mol. The van der Waals surface area contributed by atoms with E-state index in [1.54, 1.807) is 6.92 Å². The summed E-state index contributed by atoms with van der Waals surface area (Å²) in [5.41, 5.74) is 4.57. The molecule has 0 radical (unpaired) electrons. The van der Waals surface area contributed by atoms with Crippen LogP contribution < -0.4 is 0 Å². The summed E-state index contributed by atoms with van der Waals surface area (Å²) in [7, 11) is 0. The fourth-order valence-electron chi connectivity index (χ4n) is 3.68. The van der Waals surface area contributed by atoms with E-state index in [9.17, 15) is 9.59 Å². The van der Waals surface area contributed by atoms with Crippen molar-refractivity contribution in [2.45, 2.75) is 32.7 Å². The van der Waals surface area contributed by atoms with E-state index in [2.05, 4.69) is 4.57 Å². The molecular formula is C18H17NO3. The van der Waals surface area contributed by atoms with Gasteiger partial charge in [-0.25, -0.2) is 4.79 Å². The van der Waals surface area contributed by atoms with Crippen LogP contribution in [0.4, 0.5) is 0 Å². The maximum atomic E-state index is 12.8. The van der Waals surface area contributed by atoms with Gasteiger partial charge < -0.3 is 9.30 Å². The maximum absolute atomic E-state index is 12.8. The van der Waals surface area contributed by atoms with Crippen LogP contribution in [0.15, 0.2) is 24.3 Å². The van der Waals surface area contributed by atoms with Gasteiger partial charge in [0.1, 0.15) is 0 Å². The molecule has 0 fully saturated rings. The first-order valence-corrected chi connectivity index (χ1v) is 7.80. The largest absolute Gasteiger partial charge is 0.462 e. The molecule has 0 spiro atoms. The van der Waals surface area contributed by atoms with Gasteiger partial charge >= 0.3 is 5.97 Å². The summed E-state index contributed by atoms with van der Waals surface area (Å²) in [6.45, 7) is 2.97. The van der Waals surface area contributed by atoms with Crippen molar-refractivity contribution in [3.05, 3.63) is 46.6 Å². The number of aromatic nitrogens is 1. The summed E-state index contributed by atoms with van der Waals surface area (Å²) in [5.74, 6) is -0.411. The second kappa shape index (κ2) is 4.83. The lowest BCUT2D eigenvalue weighted by Crippen LogP contribution is -2.16. The van der Waals surface area contributed by atoms with E-state index < -0.39 is 0 Å². The number of hydrogen-bond acceptors (Lipinski definition) is 3. The molecule has 0 unspecified atom stereocenters. The Hall–Kier alpha value is -2.36. The normalized spacial score (nSPS) is 15.2. The fourth-order valence-corrected chi connectivity index (χ4v) is 3.68. The molecule has 1 aliphatic heterocycles. The molecule has 0 N–H and O–H groups in total. The van der Waals surface area contributed by atoms with Crippen molar-refractivity contribution in [3.8, 4) is 11.3 Å². The Morgan fingerprint density at radius 3 is 2.77 bits per heavy atom. The molecule has 1 aromatic heterocycles. The summed E-state index contributed by atoms with van der Waals surface area (Å²) < 4.78 is 7.38. The standard InChI is InChI=1S/C18H17NO3/c1-2-22-18(21)14-13-9-5-6-10-19(13)16-11-7-3-4-8-12(11)17(20)15(14)16/h3-4,7-8H,2,5-6,9-10H2,1H3.